The number of hydrogen-bond donors (Lipinski definition) is 3. The number of hydrogen-bond acceptors (Lipinski definition) is 8. The standard InChI is InChI=1S/C23H23ClN8O2S/c24-17-7-9-19(32-14-28-30-31-32)16(12-17)10-11-26-21(33)18(8-6-15-4-2-1-3-5-15)29-22(34)20-13-27-23(25)35-20/h1-5,7,9,12-14,18H,6,8,10-11H2,(H2,25,27)(H,26,33)(H,29,34)/t18-/m0/s1. The molecule has 180 valence electrons. The Hall–Kier alpha value is -3.83. The van der Waals surface area contributed by atoms with Gasteiger partial charge >= 0.3 is 0 Å². The topological polar surface area (TPSA) is 141 Å². The first-order chi connectivity index (χ1) is 17.0. The van der Waals surface area contributed by atoms with E-state index in [0.29, 0.717) is 40.8 Å². The highest BCUT2D eigenvalue weighted by molar-refractivity contribution is 7.17. The normalized spacial score (nSPS) is 11.7. The molecule has 0 saturated heterocycles. The van der Waals surface area contributed by atoms with Gasteiger partial charge in [-0.3, -0.25) is 9.59 Å². The molecule has 0 fully saturated rings. The molecule has 10 nitrogen and oxygen atoms in total. The van der Waals surface area contributed by atoms with E-state index in [2.05, 4.69) is 31.1 Å². The van der Waals surface area contributed by atoms with Crippen molar-refractivity contribution >= 4 is 39.9 Å². The molecular weight excluding hydrogens is 488 g/mol. The molecule has 2 aromatic heterocycles. The van der Waals surface area contributed by atoms with Crippen molar-refractivity contribution in [1.82, 2.24) is 35.8 Å². The first-order valence-corrected chi connectivity index (χ1v) is 12.0. The van der Waals surface area contributed by atoms with Gasteiger partial charge < -0.3 is 16.4 Å². The third-order valence-electron chi connectivity index (χ3n) is 5.26. The first-order valence-electron chi connectivity index (χ1n) is 10.8. The van der Waals surface area contributed by atoms with Crippen LogP contribution in [0.5, 0.6) is 0 Å². The number of nitrogens with two attached hydrogens (primary N) is 1. The van der Waals surface area contributed by atoms with Gasteiger partial charge in [-0.15, -0.1) is 5.10 Å². The van der Waals surface area contributed by atoms with Crippen LogP contribution in [0.4, 0.5) is 5.13 Å². The second-order valence-electron chi connectivity index (χ2n) is 7.68. The molecule has 12 heteroatoms. The molecule has 2 heterocycles. The molecular formula is C23H23ClN8O2S. The smallest absolute Gasteiger partial charge is 0.263 e. The van der Waals surface area contributed by atoms with Gasteiger partial charge in [0.05, 0.1) is 11.9 Å². The lowest BCUT2D eigenvalue weighted by Gasteiger charge is -2.18. The number of amides is 2. The van der Waals surface area contributed by atoms with Gasteiger partial charge in [0, 0.05) is 11.6 Å². The molecule has 0 bridgehead atoms. The van der Waals surface area contributed by atoms with E-state index >= 15 is 0 Å². The van der Waals surface area contributed by atoms with Gasteiger partial charge in [-0.25, -0.2) is 9.67 Å². The number of aromatic nitrogens is 5. The second-order valence-corrected chi connectivity index (χ2v) is 9.18. The van der Waals surface area contributed by atoms with Crippen LogP contribution >= 0.6 is 22.9 Å². The number of aryl methyl sites for hydroxylation is 1. The minimum atomic E-state index is -0.732. The lowest BCUT2D eigenvalue weighted by Crippen LogP contribution is -2.47. The Balaban J connectivity index is 1.42. The summed E-state index contributed by atoms with van der Waals surface area (Å²) in [5.74, 6) is -0.666. The fourth-order valence-corrected chi connectivity index (χ4v) is 4.32. The summed E-state index contributed by atoms with van der Waals surface area (Å²) in [5.41, 5.74) is 8.36. The summed E-state index contributed by atoms with van der Waals surface area (Å²) in [7, 11) is 0. The van der Waals surface area contributed by atoms with Crippen molar-refractivity contribution in [2.24, 2.45) is 0 Å². The van der Waals surface area contributed by atoms with Crippen LogP contribution in [-0.4, -0.2) is 49.6 Å². The molecule has 4 N–H and O–H groups in total. The molecule has 2 aromatic carbocycles. The highest BCUT2D eigenvalue weighted by Gasteiger charge is 2.22. The summed E-state index contributed by atoms with van der Waals surface area (Å²) in [6, 6.07) is 14.4. The number of carbonyl (C=O) groups is 2. The summed E-state index contributed by atoms with van der Waals surface area (Å²) in [4.78, 5) is 30.0. The van der Waals surface area contributed by atoms with Crippen LogP contribution in [0.25, 0.3) is 5.69 Å². The lowest BCUT2D eigenvalue weighted by molar-refractivity contribution is -0.123. The van der Waals surface area contributed by atoms with Gasteiger partial charge in [0.1, 0.15) is 17.2 Å². The zero-order valence-electron chi connectivity index (χ0n) is 18.6. The number of anilines is 1. The Bertz CT molecular complexity index is 1280. The van der Waals surface area contributed by atoms with Crippen LogP contribution in [0.1, 0.15) is 27.2 Å². The highest BCUT2D eigenvalue weighted by Crippen LogP contribution is 2.19. The van der Waals surface area contributed by atoms with E-state index in [4.69, 9.17) is 17.3 Å². The van der Waals surface area contributed by atoms with Gasteiger partial charge in [0.15, 0.2) is 5.13 Å². The van der Waals surface area contributed by atoms with Crippen molar-refractivity contribution in [2.45, 2.75) is 25.3 Å². The number of nitrogen functional groups attached to an aromatic ring is 1. The molecule has 35 heavy (non-hydrogen) atoms. The number of nitrogens with one attached hydrogen (secondary N) is 2. The average Bonchev–Trinajstić information content (AvgIpc) is 3.54. The Morgan fingerprint density at radius 3 is 2.69 bits per heavy atom. The molecule has 0 spiro atoms. The Kier molecular flexibility index (Phi) is 8.01. The monoisotopic (exact) mass is 510 g/mol. The zero-order chi connectivity index (χ0) is 24.6. The Morgan fingerprint density at radius 2 is 1.97 bits per heavy atom. The minimum Gasteiger partial charge on any atom is -0.375 e. The van der Waals surface area contributed by atoms with E-state index in [1.165, 1.54) is 17.2 Å². The van der Waals surface area contributed by atoms with Crippen molar-refractivity contribution in [3.05, 3.63) is 82.1 Å². The number of halogens is 1. The fraction of sp³-hybridized carbons (Fsp3) is 0.217. The molecule has 2 amide bonds. The largest absolute Gasteiger partial charge is 0.375 e. The SMILES string of the molecule is Nc1ncc(C(=O)N[C@@H](CCc2ccccc2)C(=O)NCCc2cc(Cl)ccc2-n2cnnn2)s1. The summed E-state index contributed by atoms with van der Waals surface area (Å²) in [5, 5.41) is 17.9. The number of carbonyl (C=O) groups excluding carboxylic acids is 2. The van der Waals surface area contributed by atoms with Crippen LogP contribution in [0.3, 0.4) is 0 Å². The molecule has 0 aliphatic heterocycles. The number of tetrazole rings is 1. The summed E-state index contributed by atoms with van der Waals surface area (Å²) < 4.78 is 1.54. The van der Waals surface area contributed by atoms with E-state index in [1.807, 2.05) is 42.5 Å². The van der Waals surface area contributed by atoms with Crippen molar-refractivity contribution in [3.8, 4) is 5.69 Å². The molecule has 0 unspecified atom stereocenters. The number of rotatable bonds is 10. The van der Waals surface area contributed by atoms with Gasteiger partial charge in [0.2, 0.25) is 5.91 Å². The van der Waals surface area contributed by atoms with Gasteiger partial charge in [-0.05, 0) is 59.0 Å². The Morgan fingerprint density at radius 1 is 1.14 bits per heavy atom. The van der Waals surface area contributed by atoms with Crippen LogP contribution in [0, 0.1) is 0 Å². The second kappa shape index (κ2) is 11.5. The van der Waals surface area contributed by atoms with E-state index in [-0.39, 0.29) is 11.8 Å². The molecule has 0 radical (unpaired) electrons. The average molecular weight is 511 g/mol. The quantitative estimate of drug-likeness (QED) is 0.297. The van der Waals surface area contributed by atoms with E-state index in [9.17, 15) is 9.59 Å². The summed E-state index contributed by atoms with van der Waals surface area (Å²) >= 11 is 7.25. The predicted molar refractivity (Wildman–Crippen MR) is 133 cm³/mol. The molecule has 0 aliphatic carbocycles. The third kappa shape index (κ3) is 6.61. The highest BCUT2D eigenvalue weighted by atomic mass is 35.5. The van der Waals surface area contributed by atoms with Gasteiger partial charge in [-0.2, -0.15) is 0 Å². The van der Waals surface area contributed by atoms with E-state index in [1.54, 1.807) is 6.07 Å². The van der Waals surface area contributed by atoms with Crippen molar-refractivity contribution in [2.75, 3.05) is 12.3 Å². The lowest BCUT2D eigenvalue weighted by atomic mass is 10.0. The van der Waals surface area contributed by atoms with Gasteiger partial charge in [-0.1, -0.05) is 53.3 Å². The van der Waals surface area contributed by atoms with E-state index in [0.717, 1.165) is 28.2 Å². The fourth-order valence-electron chi connectivity index (χ4n) is 3.54. The maximum atomic E-state index is 13.1. The minimum absolute atomic E-state index is 0.280. The number of benzene rings is 2. The van der Waals surface area contributed by atoms with Crippen molar-refractivity contribution in [1.29, 1.82) is 0 Å². The maximum Gasteiger partial charge on any atom is 0.263 e. The summed E-state index contributed by atoms with van der Waals surface area (Å²) in [6.45, 7) is 0.333. The zero-order valence-corrected chi connectivity index (χ0v) is 20.2. The van der Waals surface area contributed by atoms with E-state index < -0.39 is 6.04 Å². The third-order valence-corrected chi connectivity index (χ3v) is 6.32. The summed E-state index contributed by atoms with van der Waals surface area (Å²) in [6.07, 6.45) is 4.45. The Labute approximate surface area is 210 Å². The molecule has 4 rings (SSSR count). The van der Waals surface area contributed by atoms with Gasteiger partial charge in [0.25, 0.3) is 5.91 Å². The van der Waals surface area contributed by atoms with Crippen LogP contribution in [0.15, 0.2) is 61.1 Å². The predicted octanol–water partition coefficient (Wildman–Crippen LogP) is 2.44. The first kappa shape index (κ1) is 24.3. The molecule has 4 aromatic rings. The van der Waals surface area contributed by atoms with Crippen LogP contribution < -0.4 is 16.4 Å². The van der Waals surface area contributed by atoms with Crippen LogP contribution in [-0.2, 0) is 17.6 Å². The van der Waals surface area contributed by atoms with Crippen molar-refractivity contribution in [3.63, 3.8) is 0 Å². The maximum absolute atomic E-state index is 13.1. The van der Waals surface area contributed by atoms with Crippen molar-refractivity contribution < 1.29 is 9.59 Å². The van der Waals surface area contributed by atoms with Crippen LogP contribution in [0.2, 0.25) is 5.02 Å². The molecule has 0 saturated carbocycles. The molecule has 0 aliphatic rings. The number of nitrogens with zero attached hydrogens (tertiary/aromatic N) is 5. The molecule has 1 atom stereocenters. The number of thiazole rings is 1.